The Hall–Kier alpha value is -1.06. The van der Waals surface area contributed by atoms with Gasteiger partial charge in [-0.05, 0) is 24.7 Å². The van der Waals surface area contributed by atoms with E-state index in [1.165, 1.54) is 0 Å². The Morgan fingerprint density at radius 3 is 2.25 bits per heavy atom. The number of rotatable bonds is 6. The van der Waals surface area contributed by atoms with E-state index >= 15 is 0 Å². The lowest BCUT2D eigenvalue weighted by molar-refractivity contribution is -0.141. The Morgan fingerprint density at radius 2 is 1.88 bits per heavy atom. The van der Waals surface area contributed by atoms with Gasteiger partial charge < -0.3 is 10.4 Å². The topological polar surface area (TPSA) is 66.4 Å². The van der Waals surface area contributed by atoms with Gasteiger partial charge in [0.15, 0.2) is 0 Å². The van der Waals surface area contributed by atoms with Gasteiger partial charge in [-0.25, -0.2) is 4.79 Å². The summed E-state index contributed by atoms with van der Waals surface area (Å²) in [5, 5.41) is 11.3. The first-order valence-corrected chi connectivity index (χ1v) is 5.78. The van der Waals surface area contributed by atoms with Gasteiger partial charge in [-0.15, -0.1) is 0 Å². The molecule has 0 rings (SSSR count). The largest absolute Gasteiger partial charge is 0.480 e. The van der Waals surface area contributed by atoms with Crippen molar-refractivity contribution < 1.29 is 14.7 Å². The van der Waals surface area contributed by atoms with Crippen LogP contribution in [0.5, 0.6) is 0 Å². The van der Waals surface area contributed by atoms with Crippen LogP contribution in [0.25, 0.3) is 0 Å². The van der Waals surface area contributed by atoms with Crippen molar-refractivity contribution in [3.8, 4) is 0 Å². The van der Waals surface area contributed by atoms with Gasteiger partial charge in [0.2, 0.25) is 5.91 Å². The number of carboxylic acid groups (broad SMARTS) is 1. The molecule has 0 bridgehead atoms. The maximum atomic E-state index is 11.4. The van der Waals surface area contributed by atoms with Crippen molar-refractivity contribution in [1.82, 2.24) is 5.32 Å². The second-order valence-corrected chi connectivity index (χ2v) is 5.28. The van der Waals surface area contributed by atoms with Gasteiger partial charge in [0.1, 0.15) is 6.04 Å². The zero-order valence-corrected chi connectivity index (χ0v) is 10.7. The predicted octanol–water partition coefficient (Wildman–Crippen LogP) is 2.18. The molecule has 0 heterocycles. The first kappa shape index (κ1) is 14.9. The molecule has 0 saturated carbocycles. The van der Waals surface area contributed by atoms with Crippen molar-refractivity contribution in [3.63, 3.8) is 0 Å². The Morgan fingerprint density at radius 1 is 1.31 bits per heavy atom. The summed E-state index contributed by atoms with van der Waals surface area (Å²) < 4.78 is 0. The van der Waals surface area contributed by atoms with Crippen LogP contribution in [0.15, 0.2) is 0 Å². The quantitative estimate of drug-likeness (QED) is 0.733. The third-order valence-corrected chi connectivity index (χ3v) is 2.37. The van der Waals surface area contributed by atoms with Crippen molar-refractivity contribution in [3.05, 3.63) is 0 Å². The third kappa shape index (κ3) is 7.26. The van der Waals surface area contributed by atoms with Crippen LogP contribution in [0.1, 0.15) is 53.4 Å². The molecule has 2 N–H and O–H groups in total. The van der Waals surface area contributed by atoms with E-state index in [4.69, 9.17) is 5.11 Å². The van der Waals surface area contributed by atoms with Crippen LogP contribution in [-0.4, -0.2) is 23.0 Å². The molecule has 4 nitrogen and oxygen atoms in total. The number of nitrogens with one attached hydrogen (secondary N) is 1. The SMILES string of the molecule is CCC(NC(=O)CCCC(C)(C)C)C(=O)O. The number of aliphatic carboxylic acids is 1. The first-order valence-electron chi connectivity index (χ1n) is 5.78. The molecular formula is C12H23NO3. The lowest BCUT2D eigenvalue weighted by Crippen LogP contribution is -2.40. The number of carbonyl (C=O) groups excluding carboxylic acids is 1. The molecule has 1 amide bonds. The Bertz CT molecular complexity index is 243. The molecule has 0 aliphatic rings. The van der Waals surface area contributed by atoms with Crippen molar-refractivity contribution in [2.45, 2.75) is 59.4 Å². The Balaban J connectivity index is 3.86. The molecular weight excluding hydrogens is 206 g/mol. The fraction of sp³-hybridized carbons (Fsp3) is 0.833. The molecule has 0 saturated heterocycles. The molecule has 0 aromatic rings. The van der Waals surface area contributed by atoms with Gasteiger partial charge in [-0.2, -0.15) is 0 Å². The fourth-order valence-electron chi connectivity index (χ4n) is 1.38. The fourth-order valence-corrected chi connectivity index (χ4v) is 1.38. The van der Waals surface area contributed by atoms with Gasteiger partial charge in [0.25, 0.3) is 0 Å². The second-order valence-electron chi connectivity index (χ2n) is 5.28. The van der Waals surface area contributed by atoms with E-state index in [2.05, 4.69) is 26.1 Å². The van der Waals surface area contributed by atoms with E-state index in [1.54, 1.807) is 6.92 Å². The van der Waals surface area contributed by atoms with Crippen molar-refractivity contribution in [2.24, 2.45) is 5.41 Å². The van der Waals surface area contributed by atoms with Gasteiger partial charge in [0.05, 0.1) is 0 Å². The Labute approximate surface area is 97.4 Å². The van der Waals surface area contributed by atoms with Gasteiger partial charge >= 0.3 is 5.97 Å². The molecule has 0 aliphatic heterocycles. The van der Waals surface area contributed by atoms with Crippen LogP contribution in [0, 0.1) is 5.41 Å². The average Bonchev–Trinajstić information content (AvgIpc) is 2.11. The smallest absolute Gasteiger partial charge is 0.326 e. The highest BCUT2D eigenvalue weighted by atomic mass is 16.4. The van der Waals surface area contributed by atoms with Crippen molar-refractivity contribution in [1.29, 1.82) is 0 Å². The Kier molecular flexibility index (Phi) is 6.08. The summed E-state index contributed by atoms with van der Waals surface area (Å²) in [7, 11) is 0. The molecule has 0 radical (unpaired) electrons. The van der Waals surface area contributed by atoms with E-state index in [9.17, 15) is 9.59 Å². The second kappa shape index (κ2) is 6.51. The van der Waals surface area contributed by atoms with E-state index < -0.39 is 12.0 Å². The number of amides is 1. The van der Waals surface area contributed by atoms with Gasteiger partial charge in [-0.1, -0.05) is 27.7 Å². The van der Waals surface area contributed by atoms with Crippen molar-refractivity contribution >= 4 is 11.9 Å². The maximum Gasteiger partial charge on any atom is 0.326 e. The zero-order valence-electron chi connectivity index (χ0n) is 10.7. The van der Waals surface area contributed by atoms with E-state index in [1.807, 2.05) is 0 Å². The standard InChI is InChI=1S/C12H23NO3/c1-5-9(11(15)16)13-10(14)7-6-8-12(2,3)4/h9H,5-8H2,1-4H3,(H,13,14)(H,15,16). The predicted molar refractivity (Wildman–Crippen MR) is 63.2 cm³/mol. The molecule has 4 heteroatoms. The molecule has 0 aromatic carbocycles. The van der Waals surface area contributed by atoms with E-state index in [0.29, 0.717) is 12.8 Å². The van der Waals surface area contributed by atoms with Crippen LogP contribution >= 0.6 is 0 Å². The molecule has 0 spiro atoms. The summed E-state index contributed by atoms with van der Waals surface area (Å²) >= 11 is 0. The third-order valence-electron chi connectivity index (χ3n) is 2.37. The summed E-state index contributed by atoms with van der Waals surface area (Å²) in [6, 6.07) is -0.748. The van der Waals surface area contributed by atoms with Gasteiger partial charge in [0, 0.05) is 6.42 Å². The highest BCUT2D eigenvalue weighted by Gasteiger charge is 2.17. The molecule has 94 valence electrons. The number of carbonyl (C=O) groups is 2. The maximum absolute atomic E-state index is 11.4. The van der Waals surface area contributed by atoms with E-state index in [0.717, 1.165) is 12.8 Å². The molecule has 0 fully saturated rings. The monoisotopic (exact) mass is 229 g/mol. The first-order chi connectivity index (χ1) is 7.26. The summed E-state index contributed by atoms with van der Waals surface area (Å²) in [5.74, 6) is -1.13. The minimum atomic E-state index is -0.966. The number of carboxylic acids is 1. The minimum Gasteiger partial charge on any atom is -0.480 e. The van der Waals surface area contributed by atoms with Gasteiger partial charge in [-0.3, -0.25) is 4.79 Å². The normalized spacial score (nSPS) is 13.2. The number of hydrogen-bond acceptors (Lipinski definition) is 2. The van der Waals surface area contributed by atoms with Crippen LogP contribution < -0.4 is 5.32 Å². The zero-order chi connectivity index (χ0) is 12.8. The lowest BCUT2D eigenvalue weighted by atomic mass is 9.90. The summed E-state index contributed by atoms with van der Waals surface area (Å²) in [6.45, 7) is 8.11. The van der Waals surface area contributed by atoms with Crippen LogP contribution in [0.4, 0.5) is 0 Å². The van der Waals surface area contributed by atoms with Crippen LogP contribution in [0.2, 0.25) is 0 Å². The molecule has 1 atom stereocenters. The average molecular weight is 229 g/mol. The van der Waals surface area contributed by atoms with E-state index in [-0.39, 0.29) is 11.3 Å². The summed E-state index contributed by atoms with van der Waals surface area (Å²) in [4.78, 5) is 22.1. The van der Waals surface area contributed by atoms with Crippen LogP contribution in [-0.2, 0) is 9.59 Å². The highest BCUT2D eigenvalue weighted by Crippen LogP contribution is 2.21. The lowest BCUT2D eigenvalue weighted by Gasteiger charge is -2.18. The van der Waals surface area contributed by atoms with Crippen LogP contribution in [0.3, 0.4) is 0 Å². The molecule has 0 aromatic heterocycles. The molecule has 0 aliphatic carbocycles. The number of hydrogen-bond donors (Lipinski definition) is 2. The molecule has 1 unspecified atom stereocenters. The summed E-state index contributed by atoms with van der Waals surface area (Å²) in [6.07, 6.45) is 2.58. The molecule has 16 heavy (non-hydrogen) atoms. The highest BCUT2D eigenvalue weighted by molar-refractivity contribution is 5.83. The minimum absolute atomic E-state index is 0.168. The summed E-state index contributed by atoms with van der Waals surface area (Å²) in [5.41, 5.74) is 0.219. The van der Waals surface area contributed by atoms with Crippen molar-refractivity contribution in [2.75, 3.05) is 0 Å².